The highest BCUT2D eigenvalue weighted by Crippen LogP contribution is 2.11. The highest BCUT2D eigenvalue weighted by molar-refractivity contribution is 5.92. The molecule has 0 bridgehead atoms. The van der Waals surface area contributed by atoms with Crippen LogP contribution in [-0.4, -0.2) is 28.4 Å². The average Bonchev–Trinajstić information content (AvgIpc) is 2.38. The number of unbranched alkanes of at least 4 members (excludes halogenated alkanes) is 1. The van der Waals surface area contributed by atoms with Crippen LogP contribution in [0.4, 0.5) is 4.39 Å². The van der Waals surface area contributed by atoms with E-state index in [4.69, 9.17) is 0 Å². The van der Waals surface area contributed by atoms with Gasteiger partial charge in [-0.1, -0.05) is 26.3 Å². The van der Waals surface area contributed by atoms with Crippen LogP contribution in [0.25, 0.3) is 0 Å². The van der Waals surface area contributed by atoms with Crippen molar-refractivity contribution in [1.82, 2.24) is 9.88 Å². The summed E-state index contributed by atoms with van der Waals surface area (Å²) in [6.45, 7) is 6.82. The molecule has 100 valence electrons. The smallest absolute Gasteiger partial charge is 0.272 e. The van der Waals surface area contributed by atoms with E-state index in [1.807, 2.05) is 13.8 Å². The van der Waals surface area contributed by atoms with Gasteiger partial charge >= 0.3 is 0 Å². The predicted molar refractivity (Wildman–Crippen MR) is 69.9 cm³/mol. The quantitative estimate of drug-likeness (QED) is 0.728. The Balaban J connectivity index is 2.87. The molecule has 1 aromatic heterocycles. The molecule has 4 heteroatoms. The van der Waals surface area contributed by atoms with Crippen molar-refractivity contribution < 1.29 is 9.18 Å². The minimum Gasteiger partial charge on any atom is -0.335 e. The topological polar surface area (TPSA) is 33.2 Å². The molecule has 0 saturated carbocycles. The van der Waals surface area contributed by atoms with E-state index in [2.05, 4.69) is 11.9 Å². The highest BCUT2D eigenvalue weighted by Gasteiger charge is 2.21. The Morgan fingerprint density at radius 1 is 1.44 bits per heavy atom. The average molecular weight is 252 g/mol. The minimum absolute atomic E-state index is 0.147. The summed E-state index contributed by atoms with van der Waals surface area (Å²) in [6, 6.07) is 4.47. The third kappa shape index (κ3) is 3.79. The van der Waals surface area contributed by atoms with E-state index in [-0.39, 0.29) is 17.6 Å². The first-order chi connectivity index (χ1) is 8.60. The normalized spacial score (nSPS) is 12.2. The molecule has 0 aliphatic carbocycles. The van der Waals surface area contributed by atoms with Gasteiger partial charge in [0.05, 0.1) is 0 Å². The Morgan fingerprint density at radius 3 is 2.72 bits per heavy atom. The summed E-state index contributed by atoms with van der Waals surface area (Å²) in [7, 11) is 0. The third-order valence-electron chi connectivity index (χ3n) is 3.07. The van der Waals surface area contributed by atoms with Crippen LogP contribution in [0.2, 0.25) is 0 Å². The van der Waals surface area contributed by atoms with Crippen molar-refractivity contribution in [3.63, 3.8) is 0 Å². The van der Waals surface area contributed by atoms with Crippen molar-refractivity contribution >= 4 is 5.91 Å². The van der Waals surface area contributed by atoms with Crippen LogP contribution in [0.15, 0.2) is 18.2 Å². The summed E-state index contributed by atoms with van der Waals surface area (Å²) in [6.07, 6.45) is 2.85. The molecule has 0 spiro atoms. The van der Waals surface area contributed by atoms with Crippen LogP contribution < -0.4 is 0 Å². The van der Waals surface area contributed by atoms with Crippen LogP contribution in [0, 0.1) is 5.95 Å². The summed E-state index contributed by atoms with van der Waals surface area (Å²) >= 11 is 0. The lowest BCUT2D eigenvalue weighted by Crippen LogP contribution is -2.39. The Kier molecular flexibility index (Phi) is 5.75. The van der Waals surface area contributed by atoms with Gasteiger partial charge in [0, 0.05) is 12.6 Å². The van der Waals surface area contributed by atoms with Gasteiger partial charge in [0.25, 0.3) is 5.91 Å². The van der Waals surface area contributed by atoms with E-state index in [0.717, 1.165) is 19.3 Å². The number of hydrogen-bond acceptors (Lipinski definition) is 2. The first kappa shape index (κ1) is 14.6. The van der Waals surface area contributed by atoms with Crippen LogP contribution in [0.5, 0.6) is 0 Å². The monoisotopic (exact) mass is 252 g/mol. The number of amides is 1. The van der Waals surface area contributed by atoms with E-state index in [9.17, 15) is 9.18 Å². The van der Waals surface area contributed by atoms with Crippen molar-refractivity contribution in [3.8, 4) is 0 Å². The number of nitrogens with zero attached hydrogens (tertiary/aromatic N) is 2. The van der Waals surface area contributed by atoms with E-state index < -0.39 is 5.95 Å². The molecule has 0 aromatic carbocycles. The third-order valence-corrected chi connectivity index (χ3v) is 3.07. The fraction of sp³-hybridized carbons (Fsp3) is 0.571. The van der Waals surface area contributed by atoms with Gasteiger partial charge < -0.3 is 4.90 Å². The Bertz CT molecular complexity index is 395. The summed E-state index contributed by atoms with van der Waals surface area (Å²) < 4.78 is 13.0. The van der Waals surface area contributed by atoms with Gasteiger partial charge in [-0.15, -0.1) is 0 Å². The largest absolute Gasteiger partial charge is 0.335 e. The van der Waals surface area contributed by atoms with E-state index in [0.29, 0.717) is 6.54 Å². The molecule has 1 amide bonds. The van der Waals surface area contributed by atoms with Gasteiger partial charge in [-0.2, -0.15) is 4.39 Å². The molecule has 1 atom stereocenters. The van der Waals surface area contributed by atoms with E-state index in [1.54, 1.807) is 11.0 Å². The van der Waals surface area contributed by atoms with Crippen molar-refractivity contribution in [3.05, 3.63) is 29.8 Å². The van der Waals surface area contributed by atoms with Gasteiger partial charge in [0.15, 0.2) is 0 Å². The first-order valence-electron chi connectivity index (χ1n) is 6.53. The zero-order valence-corrected chi connectivity index (χ0v) is 11.3. The molecule has 0 saturated heterocycles. The lowest BCUT2D eigenvalue weighted by molar-refractivity contribution is 0.0678. The second-order valence-electron chi connectivity index (χ2n) is 4.45. The van der Waals surface area contributed by atoms with Crippen molar-refractivity contribution in [2.75, 3.05) is 6.54 Å². The maximum Gasteiger partial charge on any atom is 0.272 e. The molecule has 0 N–H and O–H groups in total. The molecule has 18 heavy (non-hydrogen) atoms. The number of halogens is 1. The second kappa shape index (κ2) is 7.09. The number of carbonyl (C=O) groups is 1. The maximum atomic E-state index is 13.0. The molecule has 1 heterocycles. The number of aromatic nitrogens is 1. The molecule has 1 aromatic rings. The van der Waals surface area contributed by atoms with Crippen LogP contribution in [0.3, 0.4) is 0 Å². The van der Waals surface area contributed by atoms with Crippen LogP contribution >= 0.6 is 0 Å². The molecule has 1 rings (SSSR count). The molecule has 1 unspecified atom stereocenters. The molecule has 0 aliphatic heterocycles. The summed E-state index contributed by atoms with van der Waals surface area (Å²) in [5.41, 5.74) is 0.186. The summed E-state index contributed by atoms with van der Waals surface area (Å²) in [5.74, 6) is -0.794. The molecule has 3 nitrogen and oxygen atoms in total. The lowest BCUT2D eigenvalue weighted by Gasteiger charge is -2.28. The Labute approximate surface area is 108 Å². The second-order valence-corrected chi connectivity index (χ2v) is 4.45. The number of pyridine rings is 1. The van der Waals surface area contributed by atoms with Crippen LogP contribution in [0.1, 0.15) is 50.5 Å². The first-order valence-corrected chi connectivity index (χ1v) is 6.53. The van der Waals surface area contributed by atoms with Gasteiger partial charge in [-0.05, 0) is 31.9 Å². The van der Waals surface area contributed by atoms with Crippen LogP contribution in [-0.2, 0) is 0 Å². The number of carbonyl (C=O) groups excluding carboxylic acids is 1. The maximum absolute atomic E-state index is 13.0. The minimum atomic E-state index is -0.611. The molecule has 0 radical (unpaired) electrons. The number of rotatable bonds is 6. The zero-order chi connectivity index (χ0) is 13.5. The Hall–Kier alpha value is -1.45. The molecular formula is C14H21FN2O. The molecular weight excluding hydrogens is 231 g/mol. The summed E-state index contributed by atoms with van der Waals surface area (Å²) in [4.78, 5) is 17.7. The fourth-order valence-corrected chi connectivity index (χ4v) is 1.75. The molecule has 0 aliphatic rings. The number of hydrogen-bond donors (Lipinski definition) is 0. The van der Waals surface area contributed by atoms with Crippen molar-refractivity contribution in [1.29, 1.82) is 0 Å². The zero-order valence-electron chi connectivity index (χ0n) is 11.3. The predicted octanol–water partition coefficient (Wildman–Crippen LogP) is 3.26. The van der Waals surface area contributed by atoms with Gasteiger partial charge in [-0.3, -0.25) is 4.79 Å². The highest BCUT2D eigenvalue weighted by atomic mass is 19.1. The van der Waals surface area contributed by atoms with E-state index >= 15 is 0 Å². The van der Waals surface area contributed by atoms with Crippen molar-refractivity contribution in [2.24, 2.45) is 0 Å². The van der Waals surface area contributed by atoms with Gasteiger partial charge in [0.2, 0.25) is 5.95 Å². The SMILES string of the molecule is CCCCN(C(=O)c1cccc(F)n1)C(C)CC. The lowest BCUT2D eigenvalue weighted by atomic mass is 10.1. The van der Waals surface area contributed by atoms with E-state index in [1.165, 1.54) is 12.1 Å². The van der Waals surface area contributed by atoms with Crippen molar-refractivity contribution in [2.45, 2.75) is 46.1 Å². The van der Waals surface area contributed by atoms with Gasteiger partial charge in [0.1, 0.15) is 5.69 Å². The Morgan fingerprint density at radius 2 is 2.17 bits per heavy atom. The van der Waals surface area contributed by atoms with Gasteiger partial charge in [-0.25, -0.2) is 4.98 Å². The molecule has 0 fully saturated rings. The fourth-order valence-electron chi connectivity index (χ4n) is 1.75. The standard InChI is InChI=1S/C14H21FN2O/c1-4-6-10-17(11(3)5-2)14(18)12-8-7-9-13(15)16-12/h7-9,11H,4-6,10H2,1-3H3. The summed E-state index contributed by atoms with van der Waals surface area (Å²) in [5, 5.41) is 0.